The number of fused-ring (bicyclic) bond motifs is 2. The van der Waals surface area contributed by atoms with Crippen LogP contribution in [0.2, 0.25) is 0 Å². The van der Waals surface area contributed by atoms with E-state index < -0.39 is 0 Å². The molecule has 4 aromatic heterocycles. The average molecular weight is 431 g/mol. The molecule has 5 rings (SSSR count). The predicted octanol–water partition coefficient (Wildman–Crippen LogP) is 3.54. The standard InChI is InChI=1S/C25H30N6O/c1-16(2)30-9-8-28(13-18(30)4)21-6-7-24-27-22(11-25(32)31(24)15-21)20-10-23-19(5)26-17(3)12-29(23)14-20/h6-7,10-12,14-16,18H,8-9,13H2,1-5H3/t18-/m1/s1. The number of nitrogens with zero attached hydrogens (tertiary/aromatic N) is 6. The van der Waals surface area contributed by atoms with Gasteiger partial charge in [0.05, 0.1) is 28.3 Å². The van der Waals surface area contributed by atoms with Gasteiger partial charge in [-0.05, 0) is 52.8 Å². The lowest BCUT2D eigenvalue weighted by Crippen LogP contribution is -2.54. The Morgan fingerprint density at radius 1 is 1.03 bits per heavy atom. The van der Waals surface area contributed by atoms with Gasteiger partial charge in [-0.3, -0.25) is 19.1 Å². The second kappa shape index (κ2) is 7.74. The van der Waals surface area contributed by atoms with Crippen LogP contribution in [-0.2, 0) is 0 Å². The van der Waals surface area contributed by atoms with Gasteiger partial charge in [-0.25, -0.2) is 4.98 Å². The highest BCUT2D eigenvalue weighted by atomic mass is 16.1. The van der Waals surface area contributed by atoms with Gasteiger partial charge in [0.2, 0.25) is 0 Å². The summed E-state index contributed by atoms with van der Waals surface area (Å²) in [4.78, 5) is 27.2. The molecule has 0 radical (unpaired) electrons. The number of piperazine rings is 1. The van der Waals surface area contributed by atoms with E-state index in [1.807, 2.05) is 44.6 Å². The Morgan fingerprint density at radius 2 is 1.84 bits per heavy atom. The summed E-state index contributed by atoms with van der Waals surface area (Å²) < 4.78 is 3.71. The van der Waals surface area contributed by atoms with Crippen LogP contribution in [0, 0.1) is 13.8 Å². The first-order valence-electron chi connectivity index (χ1n) is 11.3. The van der Waals surface area contributed by atoms with Crippen LogP contribution in [-0.4, -0.2) is 55.4 Å². The Morgan fingerprint density at radius 3 is 2.59 bits per heavy atom. The van der Waals surface area contributed by atoms with Gasteiger partial charge in [-0.1, -0.05) is 0 Å². The van der Waals surface area contributed by atoms with Crippen molar-refractivity contribution in [1.82, 2.24) is 23.7 Å². The Balaban J connectivity index is 1.49. The van der Waals surface area contributed by atoms with Crippen molar-refractivity contribution in [3.63, 3.8) is 0 Å². The number of hydrogen-bond donors (Lipinski definition) is 0. The van der Waals surface area contributed by atoms with Crippen molar-refractivity contribution in [3.05, 3.63) is 64.6 Å². The summed E-state index contributed by atoms with van der Waals surface area (Å²) in [5, 5.41) is 0. The van der Waals surface area contributed by atoms with Crippen LogP contribution < -0.4 is 10.5 Å². The molecule has 4 aromatic rings. The lowest BCUT2D eigenvalue weighted by atomic mass is 10.1. The van der Waals surface area contributed by atoms with E-state index in [0.717, 1.165) is 47.8 Å². The van der Waals surface area contributed by atoms with Gasteiger partial charge in [-0.15, -0.1) is 0 Å². The zero-order valence-corrected chi connectivity index (χ0v) is 19.4. The maximum Gasteiger partial charge on any atom is 0.258 e. The molecule has 1 aliphatic rings. The minimum atomic E-state index is -0.0676. The van der Waals surface area contributed by atoms with E-state index in [1.165, 1.54) is 0 Å². The zero-order valence-electron chi connectivity index (χ0n) is 19.4. The molecular weight excluding hydrogens is 400 g/mol. The molecule has 0 spiro atoms. The minimum absolute atomic E-state index is 0.0676. The summed E-state index contributed by atoms with van der Waals surface area (Å²) >= 11 is 0. The third-order valence-corrected chi connectivity index (χ3v) is 6.54. The smallest absolute Gasteiger partial charge is 0.258 e. The quantitative estimate of drug-likeness (QED) is 0.498. The molecule has 0 saturated carbocycles. The van der Waals surface area contributed by atoms with Crippen LogP contribution in [0.15, 0.2) is 47.7 Å². The average Bonchev–Trinajstić information content (AvgIpc) is 3.17. The third-order valence-electron chi connectivity index (χ3n) is 6.54. The van der Waals surface area contributed by atoms with E-state index in [4.69, 9.17) is 4.98 Å². The summed E-state index contributed by atoms with van der Waals surface area (Å²) in [6.45, 7) is 13.7. The van der Waals surface area contributed by atoms with E-state index >= 15 is 0 Å². The van der Waals surface area contributed by atoms with E-state index in [0.29, 0.717) is 23.4 Å². The largest absolute Gasteiger partial charge is 0.367 e. The summed E-state index contributed by atoms with van der Waals surface area (Å²) in [6.07, 6.45) is 5.94. The fraction of sp³-hybridized carbons (Fsp3) is 0.400. The number of pyridine rings is 1. The first-order chi connectivity index (χ1) is 15.3. The maximum atomic E-state index is 13.0. The van der Waals surface area contributed by atoms with E-state index in [1.54, 1.807) is 10.5 Å². The number of hydrogen-bond acceptors (Lipinski definition) is 5. The number of anilines is 1. The Kier molecular flexibility index (Phi) is 5.01. The number of aryl methyl sites for hydroxylation is 2. The number of aromatic nitrogens is 4. The molecule has 166 valence electrons. The molecule has 1 saturated heterocycles. The second-order valence-electron chi connectivity index (χ2n) is 9.21. The Hall–Kier alpha value is -3.19. The molecule has 1 atom stereocenters. The van der Waals surface area contributed by atoms with Crippen molar-refractivity contribution in [2.24, 2.45) is 0 Å². The molecule has 0 bridgehead atoms. The Labute approximate surface area is 187 Å². The molecule has 7 heteroatoms. The summed E-state index contributed by atoms with van der Waals surface area (Å²) in [5.74, 6) is 0. The molecule has 1 fully saturated rings. The van der Waals surface area contributed by atoms with Crippen LogP contribution in [0.3, 0.4) is 0 Å². The van der Waals surface area contributed by atoms with Gasteiger partial charge >= 0.3 is 0 Å². The van der Waals surface area contributed by atoms with Gasteiger partial charge in [0, 0.05) is 61.9 Å². The van der Waals surface area contributed by atoms with Gasteiger partial charge in [0.15, 0.2) is 0 Å². The second-order valence-corrected chi connectivity index (χ2v) is 9.21. The molecule has 0 amide bonds. The Bertz CT molecular complexity index is 1370. The van der Waals surface area contributed by atoms with Crippen molar-refractivity contribution in [3.8, 4) is 11.3 Å². The van der Waals surface area contributed by atoms with Crippen molar-refractivity contribution in [2.75, 3.05) is 24.5 Å². The van der Waals surface area contributed by atoms with E-state index in [9.17, 15) is 4.79 Å². The fourth-order valence-electron chi connectivity index (χ4n) is 4.97. The minimum Gasteiger partial charge on any atom is -0.367 e. The summed E-state index contributed by atoms with van der Waals surface area (Å²) in [5.41, 5.74) is 6.21. The lowest BCUT2D eigenvalue weighted by molar-refractivity contribution is 0.148. The van der Waals surface area contributed by atoms with Crippen molar-refractivity contribution in [2.45, 2.75) is 46.7 Å². The fourth-order valence-corrected chi connectivity index (χ4v) is 4.97. The highest BCUT2D eigenvalue weighted by molar-refractivity contribution is 5.70. The normalized spacial score (nSPS) is 17.7. The summed E-state index contributed by atoms with van der Waals surface area (Å²) in [6, 6.07) is 8.72. The van der Waals surface area contributed by atoms with Crippen molar-refractivity contribution < 1.29 is 0 Å². The molecule has 0 N–H and O–H groups in total. The van der Waals surface area contributed by atoms with Gasteiger partial charge in [0.1, 0.15) is 5.65 Å². The topological polar surface area (TPSA) is 58.2 Å². The first-order valence-corrected chi connectivity index (χ1v) is 11.3. The van der Waals surface area contributed by atoms with Gasteiger partial charge in [-0.2, -0.15) is 0 Å². The third kappa shape index (κ3) is 3.56. The molecule has 32 heavy (non-hydrogen) atoms. The molecule has 5 heterocycles. The molecule has 1 aliphatic heterocycles. The molecular formula is C25H30N6O. The van der Waals surface area contributed by atoms with E-state index in [2.05, 4.69) is 46.0 Å². The highest BCUT2D eigenvalue weighted by Gasteiger charge is 2.25. The van der Waals surface area contributed by atoms with Crippen LogP contribution in [0.1, 0.15) is 32.2 Å². The SMILES string of the molecule is Cc1cn2cc(-c3cc(=O)n4cc(N5CCN(C(C)C)[C@H](C)C5)ccc4n3)cc2c(C)n1. The molecule has 0 aliphatic carbocycles. The number of rotatable bonds is 3. The molecule has 0 unspecified atom stereocenters. The summed E-state index contributed by atoms with van der Waals surface area (Å²) in [7, 11) is 0. The van der Waals surface area contributed by atoms with E-state index in [-0.39, 0.29) is 5.56 Å². The van der Waals surface area contributed by atoms with Gasteiger partial charge in [0.25, 0.3) is 5.56 Å². The van der Waals surface area contributed by atoms with Crippen molar-refractivity contribution in [1.29, 1.82) is 0 Å². The monoisotopic (exact) mass is 430 g/mol. The van der Waals surface area contributed by atoms with Crippen LogP contribution in [0.5, 0.6) is 0 Å². The highest BCUT2D eigenvalue weighted by Crippen LogP contribution is 2.24. The van der Waals surface area contributed by atoms with Crippen LogP contribution in [0.4, 0.5) is 5.69 Å². The predicted molar refractivity (Wildman–Crippen MR) is 129 cm³/mol. The van der Waals surface area contributed by atoms with Crippen molar-refractivity contribution >= 4 is 16.9 Å². The first kappa shape index (κ1) is 20.7. The van der Waals surface area contributed by atoms with Crippen LogP contribution >= 0.6 is 0 Å². The molecule has 7 nitrogen and oxygen atoms in total. The van der Waals surface area contributed by atoms with Crippen LogP contribution in [0.25, 0.3) is 22.4 Å². The lowest BCUT2D eigenvalue weighted by Gasteiger charge is -2.43. The van der Waals surface area contributed by atoms with Gasteiger partial charge < -0.3 is 9.30 Å². The zero-order chi connectivity index (χ0) is 22.6. The maximum absolute atomic E-state index is 13.0. The molecule has 0 aromatic carbocycles.